The van der Waals surface area contributed by atoms with Gasteiger partial charge in [0.15, 0.2) is 11.5 Å². The van der Waals surface area contributed by atoms with Crippen LogP contribution in [0.15, 0.2) is 79.0 Å². The number of ether oxygens (including phenoxy) is 5. The Labute approximate surface area is 259 Å². The number of fused-ring (bicyclic) bond motifs is 1. The van der Waals surface area contributed by atoms with Gasteiger partial charge < -0.3 is 33.9 Å². The minimum absolute atomic E-state index is 0.0289. The first-order valence-corrected chi connectivity index (χ1v) is 14.0. The third-order valence-corrected chi connectivity index (χ3v) is 7.25. The molecule has 2 heterocycles. The number of rotatable bonds is 14. The molecule has 1 aliphatic heterocycles. The van der Waals surface area contributed by atoms with Crippen molar-refractivity contribution in [3.63, 3.8) is 0 Å². The average Bonchev–Trinajstić information content (AvgIpc) is 3.68. The molecule has 0 spiro atoms. The van der Waals surface area contributed by atoms with Crippen LogP contribution in [0.1, 0.15) is 33.5 Å². The molecule has 11 nitrogen and oxygen atoms in total. The molecule has 0 amide bonds. The van der Waals surface area contributed by atoms with Crippen LogP contribution in [0.25, 0.3) is 17.3 Å². The van der Waals surface area contributed by atoms with Gasteiger partial charge in [-0.1, -0.05) is 24.3 Å². The average molecular weight is 613 g/mol. The fraction of sp³-hybridized carbons (Fsp3) is 0.206. The maximum absolute atomic E-state index is 12.6. The molecule has 11 heteroatoms. The number of hydrogen-bond acceptors (Lipinski definition) is 8. The van der Waals surface area contributed by atoms with E-state index in [1.54, 1.807) is 71.6 Å². The second kappa shape index (κ2) is 13.7. The molecule has 0 radical (unpaired) electrons. The van der Waals surface area contributed by atoms with Crippen molar-refractivity contribution in [1.29, 1.82) is 0 Å². The fourth-order valence-corrected chi connectivity index (χ4v) is 5.01. The van der Waals surface area contributed by atoms with E-state index < -0.39 is 11.9 Å². The van der Waals surface area contributed by atoms with Gasteiger partial charge in [-0.2, -0.15) is 5.10 Å². The quantitative estimate of drug-likeness (QED) is 0.132. The van der Waals surface area contributed by atoms with E-state index in [9.17, 15) is 19.8 Å². The van der Waals surface area contributed by atoms with E-state index in [2.05, 4.69) is 11.7 Å². The van der Waals surface area contributed by atoms with E-state index in [4.69, 9.17) is 23.7 Å². The third-order valence-electron chi connectivity index (χ3n) is 7.25. The van der Waals surface area contributed by atoms with Gasteiger partial charge in [-0.05, 0) is 36.8 Å². The Hall–Kier alpha value is -5.71. The van der Waals surface area contributed by atoms with Crippen LogP contribution in [-0.2, 0) is 24.4 Å². The summed E-state index contributed by atoms with van der Waals surface area (Å²) in [5.74, 6) is 0.264. The van der Waals surface area contributed by atoms with E-state index >= 15 is 0 Å². The molecule has 5 rings (SSSR count). The van der Waals surface area contributed by atoms with Crippen molar-refractivity contribution in [3.05, 3.63) is 101 Å². The minimum atomic E-state index is -1.11. The molecule has 0 bridgehead atoms. The predicted molar refractivity (Wildman–Crippen MR) is 165 cm³/mol. The zero-order chi connectivity index (χ0) is 31.9. The second-order valence-corrected chi connectivity index (χ2v) is 10.0. The van der Waals surface area contributed by atoms with Crippen LogP contribution in [-0.4, -0.2) is 52.9 Å². The zero-order valence-electron chi connectivity index (χ0n) is 24.8. The molecule has 0 saturated heterocycles. The molecule has 0 aliphatic carbocycles. The number of carbonyl (C=O) groups is 2. The number of methoxy groups -OCH3 is 2. The molecule has 232 valence electrons. The summed E-state index contributed by atoms with van der Waals surface area (Å²) in [5.41, 5.74) is 3.08. The van der Waals surface area contributed by atoms with E-state index in [1.807, 2.05) is 0 Å². The van der Waals surface area contributed by atoms with Gasteiger partial charge in [-0.25, -0.2) is 9.59 Å². The molecule has 0 fully saturated rings. The summed E-state index contributed by atoms with van der Waals surface area (Å²) in [6.07, 6.45) is 5.59. The van der Waals surface area contributed by atoms with Crippen molar-refractivity contribution in [2.24, 2.45) is 0 Å². The Kier molecular flexibility index (Phi) is 9.37. The molecule has 2 N–H and O–H groups in total. The van der Waals surface area contributed by atoms with Gasteiger partial charge in [0.2, 0.25) is 6.79 Å². The largest absolute Gasteiger partial charge is 0.497 e. The van der Waals surface area contributed by atoms with Gasteiger partial charge in [-0.3, -0.25) is 4.68 Å². The molecule has 0 unspecified atom stereocenters. The van der Waals surface area contributed by atoms with E-state index in [0.29, 0.717) is 69.7 Å². The van der Waals surface area contributed by atoms with Crippen LogP contribution in [0, 0.1) is 0 Å². The van der Waals surface area contributed by atoms with Crippen molar-refractivity contribution in [2.75, 3.05) is 21.0 Å². The second-order valence-electron chi connectivity index (χ2n) is 10.0. The van der Waals surface area contributed by atoms with Crippen molar-refractivity contribution in [3.8, 4) is 40.0 Å². The van der Waals surface area contributed by atoms with Gasteiger partial charge in [0.05, 0.1) is 31.7 Å². The Bertz CT molecular complexity index is 1770. The summed E-state index contributed by atoms with van der Waals surface area (Å²) < 4.78 is 29.9. The summed E-state index contributed by atoms with van der Waals surface area (Å²) in [6, 6.07) is 15.3. The third kappa shape index (κ3) is 6.77. The maximum atomic E-state index is 12.6. The van der Waals surface area contributed by atoms with Crippen molar-refractivity contribution >= 4 is 18.0 Å². The van der Waals surface area contributed by atoms with Crippen LogP contribution in [0.3, 0.4) is 0 Å². The van der Waals surface area contributed by atoms with Crippen molar-refractivity contribution in [1.82, 2.24) is 9.78 Å². The number of aryl methyl sites for hydroxylation is 1. The fourth-order valence-electron chi connectivity index (χ4n) is 5.01. The summed E-state index contributed by atoms with van der Waals surface area (Å²) in [7, 11) is 3.04. The van der Waals surface area contributed by atoms with E-state index in [0.717, 1.165) is 0 Å². The number of aromatic carboxylic acids is 1. The molecule has 1 aliphatic rings. The Morgan fingerprint density at radius 1 is 1.00 bits per heavy atom. The highest BCUT2D eigenvalue weighted by atomic mass is 16.7. The first-order chi connectivity index (χ1) is 21.8. The van der Waals surface area contributed by atoms with E-state index in [1.165, 1.54) is 20.3 Å². The first kappa shape index (κ1) is 30.7. The Balaban J connectivity index is 1.58. The highest BCUT2D eigenvalue weighted by molar-refractivity contribution is 5.94. The first-order valence-electron chi connectivity index (χ1n) is 14.0. The smallest absolute Gasteiger partial charge is 0.336 e. The normalized spacial score (nSPS) is 12.1. The SMILES string of the molecule is C=CCCn1ncc(/C=C(\Cc2cc3c(cc2OC)OCO3)C(=O)O)c1-c1ccc(OC)cc1OCc1ccccc1C(=O)O. The zero-order valence-corrected chi connectivity index (χ0v) is 24.8. The number of allylic oxidation sites excluding steroid dienone is 1. The van der Waals surface area contributed by atoms with Gasteiger partial charge in [0.25, 0.3) is 0 Å². The Morgan fingerprint density at radius 3 is 2.49 bits per heavy atom. The van der Waals surface area contributed by atoms with Crippen LogP contribution in [0.2, 0.25) is 0 Å². The summed E-state index contributed by atoms with van der Waals surface area (Å²) in [5, 5.41) is 24.5. The number of carboxylic acid groups (broad SMARTS) is 2. The molecule has 0 saturated carbocycles. The lowest BCUT2D eigenvalue weighted by Crippen LogP contribution is -2.08. The van der Waals surface area contributed by atoms with Crippen molar-refractivity contribution in [2.45, 2.75) is 26.0 Å². The van der Waals surface area contributed by atoms with Gasteiger partial charge in [0, 0.05) is 52.9 Å². The van der Waals surface area contributed by atoms with E-state index in [-0.39, 0.29) is 31.0 Å². The standard InChI is InChI=1S/C34H32N2O9/c1-4-5-12-36-32(27-11-10-25(41-2)16-29(27)43-19-21-8-6-7-9-26(21)34(39)40)24(18-35-36)14-23(33(37)38)13-22-15-30-31(45-20-44-30)17-28(22)42-3/h4,6-11,14-18H,1,5,12-13,19-20H2,2-3H3,(H,37,38)(H,39,40)/b23-14+. The summed E-state index contributed by atoms with van der Waals surface area (Å²) in [4.78, 5) is 24.4. The minimum Gasteiger partial charge on any atom is -0.497 e. The predicted octanol–water partition coefficient (Wildman–Crippen LogP) is 5.86. The molecule has 45 heavy (non-hydrogen) atoms. The van der Waals surface area contributed by atoms with Crippen molar-refractivity contribution < 1.29 is 43.5 Å². The molecular formula is C34H32N2O9. The van der Waals surface area contributed by atoms with Crippen LogP contribution in [0.5, 0.6) is 28.7 Å². The number of aliphatic carboxylic acids is 1. The molecule has 3 aromatic carbocycles. The lowest BCUT2D eigenvalue weighted by molar-refractivity contribution is -0.132. The van der Waals surface area contributed by atoms with Gasteiger partial charge in [-0.15, -0.1) is 6.58 Å². The molecule has 0 atom stereocenters. The summed E-state index contributed by atoms with van der Waals surface area (Å²) >= 11 is 0. The highest BCUT2D eigenvalue weighted by Gasteiger charge is 2.23. The number of hydrogen-bond donors (Lipinski definition) is 2. The topological polar surface area (TPSA) is 139 Å². The Morgan fingerprint density at radius 2 is 1.78 bits per heavy atom. The lowest BCUT2D eigenvalue weighted by Gasteiger charge is -2.16. The number of carboxylic acids is 2. The lowest BCUT2D eigenvalue weighted by atomic mass is 9.99. The number of benzene rings is 3. The number of nitrogens with zero attached hydrogens (tertiary/aromatic N) is 2. The number of aromatic nitrogens is 2. The monoisotopic (exact) mass is 612 g/mol. The molecule has 1 aromatic heterocycles. The maximum Gasteiger partial charge on any atom is 0.336 e. The van der Waals surface area contributed by atoms with Crippen LogP contribution < -0.4 is 23.7 Å². The molecule has 4 aromatic rings. The van der Waals surface area contributed by atoms with Gasteiger partial charge in [0.1, 0.15) is 23.9 Å². The van der Waals surface area contributed by atoms with Crippen LogP contribution in [0.4, 0.5) is 0 Å². The molecular weight excluding hydrogens is 580 g/mol. The highest BCUT2D eigenvalue weighted by Crippen LogP contribution is 2.40. The van der Waals surface area contributed by atoms with Gasteiger partial charge >= 0.3 is 11.9 Å². The summed E-state index contributed by atoms with van der Waals surface area (Å²) in [6.45, 7) is 4.34. The van der Waals surface area contributed by atoms with Crippen LogP contribution >= 0.6 is 0 Å².